The molecule has 0 spiro atoms. The number of aromatic nitrogens is 2. The van der Waals surface area contributed by atoms with E-state index >= 15 is 0 Å². The van der Waals surface area contributed by atoms with E-state index in [0.717, 1.165) is 46.7 Å². The summed E-state index contributed by atoms with van der Waals surface area (Å²) in [6, 6.07) is 16.1. The third-order valence-corrected chi connectivity index (χ3v) is 7.15. The van der Waals surface area contributed by atoms with E-state index in [2.05, 4.69) is 26.8 Å². The zero-order valence-electron chi connectivity index (χ0n) is 20.7. The molecule has 2 heterocycles. The molecule has 0 unspecified atom stereocenters. The average Bonchev–Trinajstić information content (AvgIpc) is 3.37. The van der Waals surface area contributed by atoms with Gasteiger partial charge in [-0.1, -0.05) is 63.0 Å². The lowest BCUT2D eigenvalue weighted by molar-refractivity contribution is -0.122. The monoisotopic (exact) mass is 505 g/mol. The van der Waals surface area contributed by atoms with Crippen LogP contribution in [0.3, 0.4) is 0 Å². The normalized spacial score (nSPS) is 15.0. The Labute approximate surface area is 217 Å². The Morgan fingerprint density at radius 3 is 2.63 bits per heavy atom. The molecule has 35 heavy (non-hydrogen) atoms. The Bertz CT molecular complexity index is 1250. The van der Waals surface area contributed by atoms with Crippen molar-refractivity contribution >= 4 is 40.3 Å². The summed E-state index contributed by atoms with van der Waals surface area (Å²) < 4.78 is 8.47. The van der Waals surface area contributed by atoms with E-state index < -0.39 is 0 Å². The Balaban J connectivity index is 1.71. The fourth-order valence-corrected chi connectivity index (χ4v) is 5.15. The molecule has 3 aromatic rings. The highest BCUT2D eigenvalue weighted by Gasteiger charge is 2.31. The smallest absolute Gasteiger partial charge is 0.266 e. The van der Waals surface area contributed by atoms with Crippen molar-refractivity contribution in [3.8, 4) is 22.7 Å². The number of hydrogen-bond acceptors (Lipinski definition) is 5. The van der Waals surface area contributed by atoms with Crippen LogP contribution in [-0.4, -0.2) is 38.1 Å². The van der Waals surface area contributed by atoms with Gasteiger partial charge in [0, 0.05) is 23.9 Å². The highest BCUT2D eigenvalue weighted by Crippen LogP contribution is 2.35. The van der Waals surface area contributed by atoms with Crippen LogP contribution < -0.4 is 4.74 Å². The van der Waals surface area contributed by atoms with Crippen molar-refractivity contribution in [2.24, 2.45) is 5.92 Å². The lowest BCUT2D eigenvalue weighted by Crippen LogP contribution is -2.28. The second-order valence-corrected chi connectivity index (χ2v) is 10.7. The van der Waals surface area contributed by atoms with Crippen molar-refractivity contribution in [3.05, 3.63) is 70.8 Å². The number of carbonyl (C=O) groups is 1. The van der Waals surface area contributed by atoms with E-state index in [9.17, 15) is 4.79 Å². The maximum atomic E-state index is 13.0. The number of hydrogen-bond donors (Lipinski definition) is 0. The van der Waals surface area contributed by atoms with Crippen molar-refractivity contribution in [2.75, 3.05) is 13.2 Å². The van der Waals surface area contributed by atoms with Gasteiger partial charge in [0.05, 0.1) is 17.2 Å². The van der Waals surface area contributed by atoms with Crippen LogP contribution in [0.25, 0.3) is 23.0 Å². The number of carbonyl (C=O) groups excluding carboxylic acids is 1. The molecule has 0 aliphatic carbocycles. The van der Waals surface area contributed by atoms with Crippen LogP contribution in [0, 0.1) is 12.8 Å². The zero-order chi connectivity index (χ0) is 24.9. The highest BCUT2D eigenvalue weighted by atomic mass is 32.2. The molecule has 1 aromatic heterocycles. The van der Waals surface area contributed by atoms with Crippen LogP contribution >= 0.6 is 24.0 Å². The van der Waals surface area contributed by atoms with Gasteiger partial charge < -0.3 is 4.74 Å². The number of thiocarbonyl (C=S) groups is 1. The van der Waals surface area contributed by atoms with Crippen molar-refractivity contribution in [2.45, 2.75) is 40.5 Å². The molecule has 0 bridgehead atoms. The van der Waals surface area contributed by atoms with E-state index in [1.165, 1.54) is 11.8 Å². The van der Waals surface area contributed by atoms with Crippen LogP contribution in [-0.2, 0) is 4.79 Å². The predicted molar refractivity (Wildman–Crippen MR) is 149 cm³/mol. The first kappa shape index (κ1) is 25.2. The van der Waals surface area contributed by atoms with Gasteiger partial charge in [0.1, 0.15) is 15.8 Å². The van der Waals surface area contributed by atoms with Crippen molar-refractivity contribution in [1.29, 1.82) is 0 Å². The van der Waals surface area contributed by atoms with E-state index in [1.54, 1.807) is 4.90 Å². The topological polar surface area (TPSA) is 47.4 Å². The Kier molecular flexibility index (Phi) is 8.08. The summed E-state index contributed by atoms with van der Waals surface area (Å²) in [5.74, 6) is 1.45. The number of nitrogens with zero attached hydrogens (tertiary/aromatic N) is 3. The molecule has 0 saturated carbocycles. The summed E-state index contributed by atoms with van der Waals surface area (Å²) in [7, 11) is 0. The van der Waals surface area contributed by atoms with Gasteiger partial charge in [-0.3, -0.25) is 9.69 Å². The SMILES string of the molecule is CCCN1C(=O)/C(=C/c2cn(-c3ccccc3)nc2-c2ccc(OCCC(C)C)c(C)c2)SC1=S. The maximum absolute atomic E-state index is 13.0. The van der Waals surface area contributed by atoms with Crippen molar-refractivity contribution < 1.29 is 9.53 Å². The first-order valence-electron chi connectivity index (χ1n) is 12.0. The van der Waals surface area contributed by atoms with Crippen molar-refractivity contribution in [3.63, 3.8) is 0 Å². The molecule has 7 heteroatoms. The van der Waals surface area contributed by atoms with Crippen LogP contribution in [0.5, 0.6) is 5.75 Å². The zero-order valence-corrected chi connectivity index (χ0v) is 22.3. The number of rotatable bonds is 9. The Hall–Kier alpha value is -2.90. The van der Waals surface area contributed by atoms with Gasteiger partial charge >= 0.3 is 0 Å². The minimum absolute atomic E-state index is 0.0367. The van der Waals surface area contributed by atoms with Gasteiger partial charge in [-0.15, -0.1) is 0 Å². The van der Waals surface area contributed by atoms with Crippen LogP contribution in [0.4, 0.5) is 0 Å². The Morgan fingerprint density at radius 2 is 1.94 bits per heavy atom. The first-order valence-corrected chi connectivity index (χ1v) is 13.2. The molecule has 1 fully saturated rings. The van der Waals surface area contributed by atoms with Crippen LogP contribution in [0.1, 0.15) is 44.7 Å². The van der Waals surface area contributed by atoms with Gasteiger partial charge in [-0.2, -0.15) is 5.10 Å². The standard InChI is InChI=1S/C28H31N3O2S2/c1-5-14-30-27(32)25(35-28(30)34)17-22-18-31(23-9-7-6-8-10-23)29-26(22)21-11-12-24(20(4)16-21)33-15-13-19(2)3/h6-12,16-19H,5,13-15H2,1-4H3/b25-17-. The van der Waals surface area contributed by atoms with Gasteiger partial charge in [0.2, 0.25) is 0 Å². The molecule has 1 aliphatic rings. The molecule has 5 nitrogen and oxygen atoms in total. The minimum atomic E-state index is -0.0367. The van der Waals surface area contributed by atoms with Crippen LogP contribution in [0.2, 0.25) is 0 Å². The van der Waals surface area contributed by atoms with E-state index in [-0.39, 0.29) is 5.91 Å². The molecule has 0 atom stereocenters. The fraction of sp³-hybridized carbons (Fsp3) is 0.321. The Morgan fingerprint density at radius 1 is 1.17 bits per heavy atom. The molecule has 182 valence electrons. The van der Waals surface area contributed by atoms with Gasteiger partial charge in [0.15, 0.2) is 0 Å². The third-order valence-electron chi connectivity index (χ3n) is 5.77. The number of ether oxygens (including phenoxy) is 1. The number of thioether (sulfide) groups is 1. The third kappa shape index (κ3) is 5.85. The molecule has 4 rings (SSSR count). The maximum Gasteiger partial charge on any atom is 0.266 e. The largest absolute Gasteiger partial charge is 0.493 e. The summed E-state index contributed by atoms with van der Waals surface area (Å²) in [6.07, 6.45) is 5.77. The molecule has 0 N–H and O–H groups in total. The molecule has 1 saturated heterocycles. The highest BCUT2D eigenvalue weighted by molar-refractivity contribution is 8.26. The van der Waals surface area contributed by atoms with Crippen LogP contribution in [0.15, 0.2) is 59.6 Å². The van der Waals surface area contributed by atoms with Crippen molar-refractivity contribution in [1.82, 2.24) is 14.7 Å². The van der Waals surface area contributed by atoms with Gasteiger partial charge in [0.25, 0.3) is 5.91 Å². The van der Waals surface area contributed by atoms with E-state index in [1.807, 2.05) is 66.3 Å². The molecular formula is C28H31N3O2S2. The summed E-state index contributed by atoms with van der Waals surface area (Å²) in [4.78, 5) is 15.3. The van der Waals surface area contributed by atoms with E-state index in [4.69, 9.17) is 22.1 Å². The van der Waals surface area contributed by atoms with E-state index in [0.29, 0.717) is 28.3 Å². The fourth-order valence-electron chi connectivity index (χ4n) is 3.85. The van der Waals surface area contributed by atoms with Gasteiger partial charge in [-0.25, -0.2) is 4.68 Å². The summed E-state index contributed by atoms with van der Waals surface area (Å²) in [5, 5.41) is 4.91. The molecule has 1 aliphatic heterocycles. The number of aryl methyl sites for hydroxylation is 1. The summed E-state index contributed by atoms with van der Waals surface area (Å²) in [5.41, 5.74) is 4.67. The number of benzene rings is 2. The molecule has 1 amide bonds. The first-order chi connectivity index (χ1) is 16.9. The summed E-state index contributed by atoms with van der Waals surface area (Å²) >= 11 is 6.81. The second kappa shape index (κ2) is 11.2. The van der Waals surface area contributed by atoms with Gasteiger partial charge in [-0.05, 0) is 67.7 Å². The average molecular weight is 506 g/mol. The molecular weight excluding hydrogens is 474 g/mol. The summed E-state index contributed by atoms with van der Waals surface area (Å²) in [6.45, 7) is 9.82. The number of amides is 1. The predicted octanol–water partition coefficient (Wildman–Crippen LogP) is 6.88. The molecule has 0 radical (unpaired) electrons. The number of para-hydroxylation sites is 1. The lowest BCUT2D eigenvalue weighted by Gasteiger charge is -2.12. The minimum Gasteiger partial charge on any atom is -0.493 e. The quantitative estimate of drug-likeness (QED) is 0.234. The lowest BCUT2D eigenvalue weighted by atomic mass is 10.0. The second-order valence-electron chi connectivity index (χ2n) is 9.06. The molecule has 2 aromatic carbocycles.